The SMILES string of the molecule is O=C=NP1OC(=O)c2ccccc2O1. The first-order chi connectivity index (χ1) is 6.81. The highest BCUT2D eigenvalue weighted by Gasteiger charge is 2.28. The van der Waals surface area contributed by atoms with Crippen molar-refractivity contribution >= 4 is 20.6 Å². The fourth-order valence-corrected chi connectivity index (χ4v) is 1.77. The van der Waals surface area contributed by atoms with Crippen LogP contribution in [0.1, 0.15) is 10.4 Å². The van der Waals surface area contributed by atoms with E-state index >= 15 is 0 Å². The Morgan fingerprint density at radius 1 is 1.29 bits per heavy atom. The minimum Gasteiger partial charge on any atom is -0.420 e. The Hall–Kier alpha value is -1.70. The molecule has 1 unspecified atom stereocenters. The molecule has 0 radical (unpaired) electrons. The Bertz CT molecular complexity index is 427. The third-order valence-electron chi connectivity index (χ3n) is 1.57. The van der Waals surface area contributed by atoms with Crippen molar-refractivity contribution < 1.29 is 18.6 Å². The zero-order valence-electron chi connectivity index (χ0n) is 6.84. The highest BCUT2D eigenvalue weighted by Crippen LogP contribution is 2.46. The van der Waals surface area contributed by atoms with E-state index in [9.17, 15) is 9.59 Å². The highest BCUT2D eigenvalue weighted by molar-refractivity contribution is 7.47. The van der Waals surface area contributed by atoms with Crippen molar-refractivity contribution in [1.29, 1.82) is 0 Å². The summed E-state index contributed by atoms with van der Waals surface area (Å²) in [6.07, 6.45) is 1.29. The van der Waals surface area contributed by atoms with Gasteiger partial charge in [0, 0.05) is 0 Å². The Balaban J connectivity index is 2.37. The topological polar surface area (TPSA) is 65.0 Å². The smallest absolute Gasteiger partial charge is 0.420 e. The Kier molecular flexibility index (Phi) is 2.27. The number of fused-ring (bicyclic) bond motifs is 1. The third kappa shape index (κ3) is 1.51. The molecule has 0 saturated carbocycles. The predicted molar refractivity (Wildman–Crippen MR) is 47.5 cm³/mol. The van der Waals surface area contributed by atoms with Crippen molar-refractivity contribution in [3.8, 4) is 5.75 Å². The molecule has 70 valence electrons. The second kappa shape index (κ2) is 3.58. The maximum atomic E-state index is 11.3. The van der Waals surface area contributed by atoms with Gasteiger partial charge in [-0.2, -0.15) is 0 Å². The van der Waals surface area contributed by atoms with Gasteiger partial charge in [0.05, 0.1) is 0 Å². The number of hydrogen-bond acceptors (Lipinski definition) is 5. The van der Waals surface area contributed by atoms with E-state index in [0.717, 1.165) is 0 Å². The predicted octanol–water partition coefficient (Wildman–Crippen LogP) is 1.80. The van der Waals surface area contributed by atoms with Crippen molar-refractivity contribution in [2.24, 2.45) is 4.76 Å². The van der Waals surface area contributed by atoms with Crippen molar-refractivity contribution in [1.82, 2.24) is 0 Å². The first-order valence-electron chi connectivity index (χ1n) is 3.68. The van der Waals surface area contributed by atoms with Gasteiger partial charge in [-0.1, -0.05) is 12.1 Å². The molecule has 1 aliphatic rings. The summed E-state index contributed by atoms with van der Waals surface area (Å²) in [6, 6.07) is 6.61. The quantitative estimate of drug-likeness (QED) is 0.401. The van der Waals surface area contributed by atoms with Crippen molar-refractivity contribution in [3.63, 3.8) is 0 Å². The minimum atomic E-state index is -1.85. The van der Waals surface area contributed by atoms with Crippen LogP contribution in [-0.2, 0) is 9.32 Å². The van der Waals surface area contributed by atoms with E-state index in [1.165, 1.54) is 6.08 Å². The molecule has 0 N–H and O–H groups in total. The van der Waals surface area contributed by atoms with E-state index in [0.29, 0.717) is 11.3 Å². The molecule has 1 aromatic rings. The van der Waals surface area contributed by atoms with Gasteiger partial charge in [0.2, 0.25) is 6.08 Å². The molecular formula is C8H4NO4P. The zero-order valence-corrected chi connectivity index (χ0v) is 7.73. The number of benzene rings is 1. The summed E-state index contributed by atoms with van der Waals surface area (Å²) < 4.78 is 13.1. The molecule has 0 bridgehead atoms. The van der Waals surface area contributed by atoms with E-state index in [1.54, 1.807) is 24.3 Å². The average molecular weight is 209 g/mol. The van der Waals surface area contributed by atoms with E-state index in [2.05, 4.69) is 4.76 Å². The molecule has 0 fully saturated rings. The molecule has 2 rings (SSSR count). The lowest BCUT2D eigenvalue weighted by atomic mass is 10.2. The standard InChI is InChI=1S/C8H4NO4P/c10-5-9-14-12-7-4-2-1-3-6(7)8(11)13-14/h1-4H. The molecule has 0 amide bonds. The monoisotopic (exact) mass is 209 g/mol. The van der Waals surface area contributed by atoms with Crippen molar-refractivity contribution in [2.75, 3.05) is 0 Å². The van der Waals surface area contributed by atoms with Crippen LogP contribution in [-0.4, -0.2) is 12.0 Å². The summed E-state index contributed by atoms with van der Waals surface area (Å²) in [5.74, 6) is -0.147. The lowest BCUT2D eigenvalue weighted by Gasteiger charge is -2.18. The highest BCUT2D eigenvalue weighted by atomic mass is 31.2. The summed E-state index contributed by atoms with van der Waals surface area (Å²) >= 11 is 0. The maximum absolute atomic E-state index is 11.3. The van der Waals surface area contributed by atoms with Crippen LogP contribution < -0.4 is 4.52 Å². The number of para-hydroxylation sites is 1. The van der Waals surface area contributed by atoms with Gasteiger partial charge in [-0.25, -0.2) is 9.59 Å². The second-order valence-corrected chi connectivity index (χ2v) is 3.44. The van der Waals surface area contributed by atoms with Crippen molar-refractivity contribution in [2.45, 2.75) is 0 Å². The number of carbonyl (C=O) groups excluding carboxylic acids is 2. The molecule has 0 spiro atoms. The van der Waals surface area contributed by atoms with Gasteiger partial charge >= 0.3 is 14.5 Å². The summed E-state index contributed by atoms with van der Waals surface area (Å²) in [5.41, 5.74) is 0.340. The van der Waals surface area contributed by atoms with Gasteiger partial charge in [0.25, 0.3) is 0 Å². The molecule has 5 nitrogen and oxygen atoms in total. The molecule has 1 atom stereocenters. The van der Waals surface area contributed by atoms with E-state index in [-0.39, 0.29) is 0 Å². The largest absolute Gasteiger partial charge is 0.451 e. The van der Waals surface area contributed by atoms with Crippen LogP contribution in [0.4, 0.5) is 0 Å². The van der Waals surface area contributed by atoms with Gasteiger partial charge in [0.1, 0.15) is 11.3 Å². The molecule has 0 aromatic heterocycles. The van der Waals surface area contributed by atoms with Crippen LogP contribution in [0.3, 0.4) is 0 Å². The van der Waals surface area contributed by atoms with E-state index < -0.39 is 14.5 Å². The van der Waals surface area contributed by atoms with E-state index in [1.807, 2.05) is 0 Å². The minimum absolute atomic E-state index is 0.340. The van der Waals surface area contributed by atoms with Crippen LogP contribution in [0.15, 0.2) is 29.0 Å². The van der Waals surface area contributed by atoms with Crippen molar-refractivity contribution in [3.05, 3.63) is 29.8 Å². The van der Waals surface area contributed by atoms with Gasteiger partial charge in [0.15, 0.2) is 0 Å². The molecule has 14 heavy (non-hydrogen) atoms. The van der Waals surface area contributed by atoms with Crippen LogP contribution in [0.2, 0.25) is 0 Å². The maximum Gasteiger partial charge on any atom is 0.451 e. The fraction of sp³-hybridized carbons (Fsp3) is 0. The molecule has 1 aromatic carbocycles. The Morgan fingerprint density at radius 2 is 2.07 bits per heavy atom. The number of isocyanates is 1. The molecule has 1 aliphatic heterocycles. The number of hydrogen-bond donors (Lipinski definition) is 0. The molecule has 1 heterocycles. The van der Waals surface area contributed by atoms with Crippen LogP contribution in [0.5, 0.6) is 5.75 Å². The van der Waals surface area contributed by atoms with Crippen LogP contribution in [0.25, 0.3) is 0 Å². The fourth-order valence-electron chi connectivity index (χ4n) is 1.01. The normalized spacial score (nSPS) is 18.6. The summed E-state index contributed by atoms with van der Waals surface area (Å²) in [7, 11) is -1.85. The summed E-state index contributed by atoms with van der Waals surface area (Å²) in [6.45, 7) is 0. The molecule has 6 heteroatoms. The van der Waals surface area contributed by atoms with Gasteiger partial charge in [-0.3, -0.25) is 0 Å². The van der Waals surface area contributed by atoms with E-state index in [4.69, 9.17) is 9.05 Å². The Labute approximate surface area is 80.3 Å². The second-order valence-electron chi connectivity index (χ2n) is 2.40. The third-order valence-corrected chi connectivity index (χ3v) is 2.49. The number of carbonyl (C=O) groups is 1. The lowest BCUT2D eigenvalue weighted by molar-refractivity contribution is 0.0722. The Morgan fingerprint density at radius 3 is 2.86 bits per heavy atom. The molecule has 0 aliphatic carbocycles. The molecule has 0 saturated heterocycles. The molecular weight excluding hydrogens is 205 g/mol. The van der Waals surface area contributed by atoms with Gasteiger partial charge < -0.3 is 9.05 Å². The summed E-state index contributed by atoms with van der Waals surface area (Å²) in [4.78, 5) is 21.2. The summed E-state index contributed by atoms with van der Waals surface area (Å²) in [5, 5.41) is 0. The van der Waals surface area contributed by atoms with Gasteiger partial charge in [-0.15, -0.1) is 4.76 Å². The zero-order chi connectivity index (χ0) is 9.97. The lowest BCUT2D eigenvalue weighted by Crippen LogP contribution is -2.10. The number of rotatable bonds is 1. The first kappa shape index (κ1) is 8.88. The average Bonchev–Trinajstić information content (AvgIpc) is 2.18. The van der Waals surface area contributed by atoms with Crippen LogP contribution in [0, 0.1) is 0 Å². The first-order valence-corrected chi connectivity index (χ1v) is 4.81. The number of nitrogens with zero attached hydrogens (tertiary/aromatic N) is 1. The van der Waals surface area contributed by atoms with Crippen LogP contribution >= 0.6 is 8.53 Å². The van der Waals surface area contributed by atoms with Gasteiger partial charge in [-0.05, 0) is 12.1 Å².